The van der Waals surface area contributed by atoms with Gasteiger partial charge >= 0.3 is 0 Å². The highest BCUT2D eigenvalue weighted by Gasteiger charge is 2.36. The lowest BCUT2D eigenvalue weighted by molar-refractivity contribution is -0.130. The Morgan fingerprint density at radius 2 is 2.07 bits per heavy atom. The molecule has 6 heteroatoms. The number of amides is 1. The summed E-state index contributed by atoms with van der Waals surface area (Å²) in [5.41, 5.74) is 4.32. The molecule has 4 rings (SSSR count). The van der Waals surface area contributed by atoms with Crippen molar-refractivity contribution >= 4 is 5.91 Å². The summed E-state index contributed by atoms with van der Waals surface area (Å²) in [6.45, 7) is 4.68. The number of hydrogen-bond acceptors (Lipinski definition) is 5. The Hall–Kier alpha value is -3.15. The first-order valence-corrected chi connectivity index (χ1v) is 9.39. The Morgan fingerprint density at radius 1 is 1.21 bits per heavy atom. The van der Waals surface area contributed by atoms with E-state index < -0.39 is 0 Å². The molecule has 28 heavy (non-hydrogen) atoms. The molecule has 1 amide bonds. The number of hydrogen-bond donors (Lipinski definition) is 0. The Labute approximate surface area is 164 Å². The Kier molecular flexibility index (Phi) is 4.86. The monoisotopic (exact) mass is 377 g/mol. The fourth-order valence-corrected chi connectivity index (χ4v) is 3.59. The maximum Gasteiger partial charge on any atom is 0.249 e. The van der Waals surface area contributed by atoms with Crippen LogP contribution in [0.3, 0.4) is 0 Å². The number of aromatic nitrogens is 2. The summed E-state index contributed by atoms with van der Waals surface area (Å²) in [6.07, 6.45) is 1.18. The number of likely N-dealkylation sites (tertiary alicyclic amines) is 1. The number of ether oxygens (including phenoxy) is 1. The maximum absolute atomic E-state index is 12.5. The van der Waals surface area contributed by atoms with E-state index in [9.17, 15) is 4.79 Å². The summed E-state index contributed by atoms with van der Waals surface area (Å²) in [4.78, 5) is 19.0. The molecule has 1 aromatic heterocycles. The van der Waals surface area contributed by atoms with Crippen molar-refractivity contribution in [1.82, 2.24) is 15.0 Å². The van der Waals surface area contributed by atoms with Crippen molar-refractivity contribution in [3.63, 3.8) is 0 Å². The molecule has 1 unspecified atom stereocenters. The Morgan fingerprint density at radius 3 is 2.89 bits per heavy atom. The van der Waals surface area contributed by atoms with Crippen LogP contribution in [0.4, 0.5) is 0 Å². The predicted molar refractivity (Wildman–Crippen MR) is 105 cm³/mol. The van der Waals surface area contributed by atoms with Crippen molar-refractivity contribution in [2.45, 2.75) is 39.3 Å². The maximum atomic E-state index is 12.5. The molecule has 6 nitrogen and oxygen atoms in total. The number of methoxy groups -OCH3 is 1. The zero-order valence-electron chi connectivity index (χ0n) is 16.3. The first kappa shape index (κ1) is 18.2. The zero-order chi connectivity index (χ0) is 19.7. The molecule has 0 radical (unpaired) electrons. The first-order valence-electron chi connectivity index (χ1n) is 9.39. The second-order valence-corrected chi connectivity index (χ2v) is 7.19. The third-order valence-corrected chi connectivity index (χ3v) is 5.23. The topological polar surface area (TPSA) is 68.5 Å². The van der Waals surface area contributed by atoms with E-state index >= 15 is 0 Å². The highest BCUT2D eigenvalue weighted by Crippen LogP contribution is 2.35. The minimum atomic E-state index is -0.195. The van der Waals surface area contributed by atoms with Gasteiger partial charge in [-0.1, -0.05) is 41.1 Å². The van der Waals surface area contributed by atoms with Crippen LogP contribution in [0.5, 0.6) is 5.75 Å². The Balaban J connectivity index is 1.60. The van der Waals surface area contributed by atoms with Gasteiger partial charge < -0.3 is 14.2 Å². The number of carbonyl (C=O) groups is 1. The molecular weight excluding hydrogens is 354 g/mol. The van der Waals surface area contributed by atoms with E-state index in [4.69, 9.17) is 9.26 Å². The van der Waals surface area contributed by atoms with Gasteiger partial charge in [0.15, 0.2) is 0 Å². The molecule has 144 valence electrons. The zero-order valence-corrected chi connectivity index (χ0v) is 16.3. The molecule has 1 aliphatic rings. The summed E-state index contributed by atoms with van der Waals surface area (Å²) >= 11 is 0. The van der Waals surface area contributed by atoms with E-state index in [1.165, 1.54) is 11.1 Å². The average Bonchev–Trinajstić information content (AvgIpc) is 3.32. The summed E-state index contributed by atoms with van der Waals surface area (Å²) in [7, 11) is 1.62. The van der Waals surface area contributed by atoms with E-state index in [0.29, 0.717) is 31.1 Å². The van der Waals surface area contributed by atoms with E-state index in [1.54, 1.807) is 7.11 Å². The van der Waals surface area contributed by atoms with Crippen molar-refractivity contribution in [3.8, 4) is 17.1 Å². The molecule has 1 aliphatic heterocycles. The van der Waals surface area contributed by atoms with Crippen LogP contribution in [0.1, 0.15) is 41.5 Å². The summed E-state index contributed by atoms with van der Waals surface area (Å²) in [5, 5.41) is 4.12. The second-order valence-electron chi connectivity index (χ2n) is 7.19. The van der Waals surface area contributed by atoms with Crippen LogP contribution in [0.15, 0.2) is 47.0 Å². The van der Waals surface area contributed by atoms with Gasteiger partial charge in [-0.05, 0) is 43.5 Å². The van der Waals surface area contributed by atoms with Gasteiger partial charge in [0.25, 0.3) is 0 Å². The van der Waals surface area contributed by atoms with Crippen molar-refractivity contribution in [1.29, 1.82) is 0 Å². The van der Waals surface area contributed by atoms with Gasteiger partial charge in [-0.25, -0.2) is 0 Å². The third kappa shape index (κ3) is 3.50. The normalized spacial score (nSPS) is 16.6. The summed E-state index contributed by atoms with van der Waals surface area (Å²) < 4.78 is 10.8. The molecule has 0 saturated carbocycles. The standard InChI is InChI=1S/C22H23N3O3/c1-14-7-8-15(2)17(11-14)13-25-19(9-10-20(25)26)22-23-21(24-28-22)16-5-4-6-18(12-16)27-3/h4-8,11-12,19H,9-10,13H2,1-3H3. The number of rotatable bonds is 5. The van der Waals surface area contributed by atoms with Crippen LogP contribution in [0.2, 0.25) is 0 Å². The quantitative estimate of drug-likeness (QED) is 0.666. The highest BCUT2D eigenvalue weighted by atomic mass is 16.5. The largest absolute Gasteiger partial charge is 0.497 e. The lowest BCUT2D eigenvalue weighted by Gasteiger charge is -2.23. The van der Waals surface area contributed by atoms with Gasteiger partial charge in [0.05, 0.1) is 7.11 Å². The van der Waals surface area contributed by atoms with Gasteiger partial charge in [-0.2, -0.15) is 4.98 Å². The molecular formula is C22H23N3O3. The average molecular weight is 377 g/mol. The lowest BCUT2D eigenvalue weighted by Crippen LogP contribution is -2.27. The molecule has 2 aromatic carbocycles. The number of aryl methyl sites for hydroxylation is 2. The molecule has 0 spiro atoms. The Bertz CT molecular complexity index is 1010. The van der Waals surface area contributed by atoms with Crippen molar-refractivity contribution in [3.05, 3.63) is 65.0 Å². The molecule has 0 aliphatic carbocycles. The highest BCUT2D eigenvalue weighted by molar-refractivity contribution is 5.79. The number of nitrogens with zero attached hydrogens (tertiary/aromatic N) is 3. The third-order valence-electron chi connectivity index (χ3n) is 5.23. The van der Waals surface area contributed by atoms with Gasteiger partial charge in [-0.15, -0.1) is 0 Å². The second kappa shape index (κ2) is 7.46. The summed E-state index contributed by atoms with van der Waals surface area (Å²) in [6, 6.07) is 13.6. The molecule has 1 saturated heterocycles. The molecule has 0 bridgehead atoms. The van der Waals surface area contributed by atoms with Gasteiger partial charge in [0.2, 0.25) is 17.6 Å². The number of carbonyl (C=O) groups excluding carboxylic acids is 1. The number of benzene rings is 2. The fourth-order valence-electron chi connectivity index (χ4n) is 3.59. The van der Waals surface area contributed by atoms with Gasteiger partial charge in [0.1, 0.15) is 11.8 Å². The van der Waals surface area contributed by atoms with Crippen LogP contribution in [0, 0.1) is 13.8 Å². The van der Waals surface area contributed by atoms with Crippen molar-refractivity contribution < 1.29 is 14.1 Å². The minimum absolute atomic E-state index is 0.118. The smallest absolute Gasteiger partial charge is 0.249 e. The van der Waals surface area contributed by atoms with Gasteiger partial charge in [0, 0.05) is 18.5 Å². The molecule has 0 N–H and O–H groups in total. The van der Waals surface area contributed by atoms with Crippen LogP contribution in [-0.2, 0) is 11.3 Å². The van der Waals surface area contributed by atoms with Crippen molar-refractivity contribution in [2.75, 3.05) is 7.11 Å². The SMILES string of the molecule is COc1cccc(-c2noc(C3CCC(=O)N3Cc3cc(C)ccc3C)n2)c1. The van der Waals surface area contributed by atoms with Crippen LogP contribution < -0.4 is 4.74 Å². The minimum Gasteiger partial charge on any atom is -0.497 e. The van der Waals surface area contributed by atoms with E-state index in [2.05, 4.69) is 42.2 Å². The molecule has 2 heterocycles. The molecule has 1 fully saturated rings. The predicted octanol–water partition coefficient (Wildman–Crippen LogP) is 4.23. The van der Waals surface area contributed by atoms with Crippen LogP contribution >= 0.6 is 0 Å². The van der Waals surface area contributed by atoms with Crippen LogP contribution in [-0.4, -0.2) is 28.1 Å². The fraction of sp³-hybridized carbons (Fsp3) is 0.318. The van der Waals surface area contributed by atoms with Crippen LogP contribution in [0.25, 0.3) is 11.4 Å². The lowest BCUT2D eigenvalue weighted by atomic mass is 10.0. The summed E-state index contributed by atoms with van der Waals surface area (Å²) in [5.74, 6) is 1.83. The molecule has 1 atom stereocenters. The van der Waals surface area contributed by atoms with E-state index in [1.807, 2.05) is 29.2 Å². The van der Waals surface area contributed by atoms with Gasteiger partial charge in [-0.3, -0.25) is 4.79 Å². The van der Waals surface area contributed by atoms with E-state index in [0.717, 1.165) is 16.9 Å². The van der Waals surface area contributed by atoms with Crippen molar-refractivity contribution in [2.24, 2.45) is 0 Å². The van der Waals surface area contributed by atoms with E-state index in [-0.39, 0.29) is 11.9 Å². The first-order chi connectivity index (χ1) is 13.5. The molecule has 3 aromatic rings.